The number of methoxy groups -OCH3 is 2. The molecule has 0 spiro atoms. The summed E-state index contributed by atoms with van der Waals surface area (Å²) in [6.07, 6.45) is 6.17. The van der Waals surface area contributed by atoms with Crippen LogP contribution in [-0.2, 0) is 13.6 Å². The van der Waals surface area contributed by atoms with Crippen LogP contribution in [0.2, 0.25) is 0 Å². The molecule has 1 saturated heterocycles. The summed E-state index contributed by atoms with van der Waals surface area (Å²) in [5, 5.41) is 3.63. The van der Waals surface area contributed by atoms with Gasteiger partial charge in [0.15, 0.2) is 0 Å². The molecule has 24 heavy (non-hydrogen) atoms. The molecule has 0 aliphatic carbocycles. The molecule has 1 unspecified atom stereocenters. The molecule has 0 radical (unpaired) electrons. The average molecular weight is 330 g/mol. The number of nitrogens with one attached hydrogen (secondary N) is 1. The topological polar surface area (TPSA) is 51.5 Å². The van der Waals surface area contributed by atoms with Crippen molar-refractivity contribution in [1.82, 2.24) is 14.5 Å². The summed E-state index contributed by atoms with van der Waals surface area (Å²) in [5.74, 6) is 1.61. The number of benzene rings is 1. The second-order valence-electron chi connectivity index (χ2n) is 6.32. The van der Waals surface area contributed by atoms with Gasteiger partial charge in [-0.1, -0.05) is 0 Å². The van der Waals surface area contributed by atoms with E-state index in [-0.39, 0.29) is 0 Å². The molecule has 6 heteroatoms. The molecule has 0 bridgehead atoms. The molecule has 1 aromatic heterocycles. The van der Waals surface area contributed by atoms with E-state index in [9.17, 15) is 0 Å². The Labute approximate surface area is 143 Å². The average Bonchev–Trinajstić information content (AvgIpc) is 2.99. The van der Waals surface area contributed by atoms with E-state index < -0.39 is 0 Å². The van der Waals surface area contributed by atoms with Gasteiger partial charge in [0.1, 0.15) is 11.5 Å². The first kappa shape index (κ1) is 16.6. The van der Waals surface area contributed by atoms with Crippen molar-refractivity contribution >= 4 is 5.69 Å². The molecule has 2 heterocycles. The van der Waals surface area contributed by atoms with Gasteiger partial charge in [0, 0.05) is 56.3 Å². The lowest BCUT2D eigenvalue weighted by atomic mass is 10.0. The minimum Gasteiger partial charge on any atom is -0.497 e. The Hall–Kier alpha value is -2.21. The van der Waals surface area contributed by atoms with Crippen LogP contribution in [0.4, 0.5) is 5.69 Å². The van der Waals surface area contributed by atoms with Crippen molar-refractivity contribution in [2.75, 3.05) is 32.6 Å². The van der Waals surface area contributed by atoms with Crippen molar-refractivity contribution in [2.24, 2.45) is 7.05 Å². The standard InChI is InChI=1S/C18H26N4O2/c1-21-13-19-10-16(21)12-22-6-4-5-14(11-22)20-15-7-17(23-2)9-18(8-15)24-3/h7-10,13-14,20H,4-6,11-12H2,1-3H3. The molecule has 0 saturated carbocycles. The number of rotatable bonds is 6. The Kier molecular flexibility index (Phi) is 5.25. The van der Waals surface area contributed by atoms with Crippen molar-refractivity contribution in [3.05, 3.63) is 36.4 Å². The molecule has 3 rings (SSSR count). The van der Waals surface area contributed by atoms with Crippen LogP contribution in [0, 0.1) is 0 Å². The van der Waals surface area contributed by atoms with Gasteiger partial charge in [-0.25, -0.2) is 4.98 Å². The van der Waals surface area contributed by atoms with E-state index in [1.165, 1.54) is 18.5 Å². The fourth-order valence-corrected chi connectivity index (χ4v) is 3.21. The molecule has 1 aliphatic rings. The number of hydrogen-bond acceptors (Lipinski definition) is 5. The van der Waals surface area contributed by atoms with E-state index in [0.29, 0.717) is 6.04 Å². The first-order valence-electron chi connectivity index (χ1n) is 8.35. The monoisotopic (exact) mass is 330 g/mol. The molecule has 1 fully saturated rings. The van der Waals surface area contributed by atoms with E-state index in [2.05, 4.69) is 19.8 Å². The van der Waals surface area contributed by atoms with Crippen LogP contribution in [-0.4, -0.2) is 47.8 Å². The summed E-state index contributed by atoms with van der Waals surface area (Å²) < 4.78 is 12.8. The predicted octanol–water partition coefficient (Wildman–Crippen LogP) is 2.51. The van der Waals surface area contributed by atoms with Gasteiger partial charge in [-0.2, -0.15) is 0 Å². The van der Waals surface area contributed by atoms with Crippen molar-refractivity contribution in [3.8, 4) is 11.5 Å². The normalized spacial score (nSPS) is 18.4. The second kappa shape index (κ2) is 7.57. The number of likely N-dealkylation sites (tertiary alicyclic amines) is 1. The minimum absolute atomic E-state index is 0.420. The molecule has 1 atom stereocenters. The highest BCUT2D eigenvalue weighted by molar-refractivity contribution is 5.54. The SMILES string of the molecule is COc1cc(NC2CCCN(Cc3cncn3C)C2)cc(OC)c1. The molecule has 130 valence electrons. The van der Waals surface area contributed by atoms with Gasteiger partial charge in [0.05, 0.1) is 26.2 Å². The molecule has 2 aromatic rings. The Morgan fingerprint density at radius 3 is 2.58 bits per heavy atom. The smallest absolute Gasteiger partial charge is 0.124 e. The number of ether oxygens (including phenoxy) is 2. The van der Waals surface area contributed by atoms with Gasteiger partial charge in [0.25, 0.3) is 0 Å². The van der Waals surface area contributed by atoms with Crippen molar-refractivity contribution in [2.45, 2.75) is 25.4 Å². The van der Waals surface area contributed by atoms with Crippen LogP contribution >= 0.6 is 0 Å². The number of piperidine rings is 1. The van der Waals surface area contributed by atoms with Gasteiger partial charge >= 0.3 is 0 Å². The van der Waals surface area contributed by atoms with Gasteiger partial charge in [0.2, 0.25) is 0 Å². The highest BCUT2D eigenvalue weighted by atomic mass is 16.5. The number of imidazole rings is 1. The second-order valence-corrected chi connectivity index (χ2v) is 6.32. The lowest BCUT2D eigenvalue weighted by Crippen LogP contribution is -2.41. The van der Waals surface area contributed by atoms with Crippen LogP contribution in [0.5, 0.6) is 11.5 Å². The lowest BCUT2D eigenvalue weighted by molar-refractivity contribution is 0.204. The molecule has 0 amide bonds. The number of aryl methyl sites for hydroxylation is 1. The first-order chi connectivity index (χ1) is 11.7. The summed E-state index contributed by atoms with van der Waals surface area (Å²) in [7, 11) is 5.40. The zero-order valence-electron chi connectivity index (χ0n) is 14.7. The molecule has 6 nitrogen and oxygen atoms in total. The van der Waals surface area contributed by atoms with Crippen molar-refractivity contribution in [1.29, 1.82) is 0 Å². The van der Waals surface area contributed by atoms with E-state index in [1.807, 2.05) is 37.8 Å². The highest BCUT2D eigenvalue weighted by Crippen LogP contribution is 2.27. The molecular formula is C18H26N4O2. The minimum atomic E-state index is 0.420. The zero-order chi connectivity index (χ0) is 16.9. The Balaban J connectivity index is 1.64. The maximum atomic E-state index is 5.35. The van der Waals surface area contributed by atoms with E-state index in [4.69, 9.17) is 9.47 Å². The van der Waals surface area contributed by atoms with Crippen LogP contribution in [0.1, 0.15) is 18.5 Å². The van der Waals surface area contributed by atoms with E-state index in [0.717, 1.165) is 36.8 Å². The summed E-state index contributed by atoms with van der Waals surface area (Å²) in [5.41, 5.74) is 2.29. The number of aromatic nitrogens is 2. The van der Waals surface area contributed by atoms with Gasteiger partial charge < -0.3 is 19.4 Å². The maximum absolute atomic E-state index is 5.35. The van der Waals surface area contributed by atoms with Crippen molar-refractivity contribution < 1.29 is 9.47 Å². The lowest BCUT2D eigenvalue weighted by Gasteiger charge is -2.33. The Bertz CT molecular complexity index is 649. The van der Waals surface area contributed by atoms with Gasteiger partial charge in [-0.3, -0.25) is 4.90 Å². The zero-order valence-corrected chi connectivity index (χ0v) is 14.7. The number of nitrogens with zero attached hydrogens (tertiary/aromatic N) is 3. The van der Waals surface area contributed by atoms with Gasteiger partial charge in [-0.05, 0) is 19.4 Å². The Morgan fingerprint density at radius 1 is 1.21 bits per heavy atom. The van der Waals surface area contributed by atoms with Crippen LogP contribution < -0.4 is 14.8 Å². The van der Waals surface area contributed by atoms with Gasteiger partial charge in [-0.15, -0.1) is 0 Å². The summed E-state index contributed by atoms with van der Waals surface area (Å²) in [4.78, 5) is 6.69. The first-order valence-corrected chi connectivity index (χ1v) is 8.35. The van der Waals surface area contributed by atoms with E-state index >= 15 is 0 Å². The molecule has 1 aromatic carbocycles. The largest absolute Gasteiger partial charge is 0.497 e. The summed E-state index contributed by atoms with van der Waals surface area (Å²) >= 11 is 0. The maximum Gasteiger partial charge on any atom is 0.124 e. The van der Waals surface area contributed by atoms with Crippen LogP contribution in [0.25, 0.3) is 0 Å². The highest BCUT2D eigenvalue weighted by Gasteiger charge is 2.21. The molecule has 1 aliphatic heterocycles. The molecular weight excluding hydrogens is 304 g/mol. The predicted molar refractivity (Wildman–Crippen MR) is 94.7 cm³/mol. The van der Waals surface area contributed by atoms with E-state index in [1.54, 1.807) is 14.2 Å². The summed E-state index contributed by atoms with van der Waals surface area (Å²) in [6, 6.07) is 6.34. The fraction of sp³-hybridized carbons (Fsp3) is 0.500. The van der Waals surface area contributed by atoms with Crippen molar-refractivity contribution in [3.63, 3.8) is 0 Å². The van der Waals surface area contributed by atoms with Crippen LogP contribution in [0.3, 0.4) is 0 Å². The number of anilines is 1. The fourth-order valence-electron chi connectivity index (χ4n) is 3.21. The Morgan fingerprint density at radius 2 is 1.96 bits per heavy atom. The number of hydrogen-bond donors (Lipinski definition) is 1. The molecule has 1 N–H and O–H groups in total. The third-order valence-electron chi connectivity index (χ3n) is 4.53. The summed E-state index contributed by atoms with van der Waals surface area (Å²) in [6.45, 7) is 3.09. The van der Waals surface area contributed by atoms with Crippen LogP contribution in [0.15, 0.2) is 30.7 Å². The third kappa shape index (κ3) is 4.00. The third-order valence-corrected chi connectivity index (χ3v) is 4.53. The quantitative estimate of drug-likeness (QED) is 0.882.